The minimum absolute atomic E-state index is 0.00299. The third-order valence-corrected chi connectivity index (χ3v) is 3.12. The Morgan fingerprint density at radius 3 is 2.65 bits per heavy atom. The van der Waals surface area contributed by atoms with Crippen molar-refractivity contribution in [3.05, 3.63) is 0 Å². The maximum absolute atomic E-state index is 13.0. The average Bonchev–Trinajstić information content (AvgIpc) is 2.83. The maximum Gasteiger partial charge on any atom is 0.408 e. The molecule has 17 heavy (non-hydrogen) atoms. The summed E-state index contributed by atoms with van der Waals surface area (Å²) in [6, 6.07) is -0.967. The van der Waals surface area contributed by atoms with Gasteiger partial charge in [0, 0.05) is 13.0 Å². The van der Waals surface area contributed by atoms with Crippen molar-refractivity contribution >= 4 is 17.8 Å². The lowest BCUT2D eigenvalue weighted by Crippen LogP contribution is -2.46. The van der Waals surface area contributed by atoms with Gasteiger partial charge in [-0.05, 0) is 6.42 Å². The van der Waals surface area contributed by atoms with Crippen molar-refractivity contribution in [2.45, 2.75) is 25.1 Å². The molecule has 2 heterocycles. The lowest BCUT2D eigenvalue weighted by atomic mass is 10.2. The Morgan fingerprint density at radius 1 is 1.41 bits per heavy atom. The number of carboxylic acid groups (broad SMARTS) is 1. The first kappa shape index (κ1) is 11.8. The van der Waals surface area contributed by atoms with Crippen LogP contribution in [0.25, 0.3) is 0 Å². The molecule has 2 amide bonds. The van der Waals surface area contributed by atoms with Crippen LogP contribution in [0.3, 0.4) is 0 Å². The molecule has 0 saturated carbocycles. The molecule has 6 nitrogen and oxygen atoms in total. The van der Waals surface area contributed by atoms with Crippen molar-refractivity contribution in [3.63, 3.8) is 0 Å². The molecule has 7 heteroatoms. The van der Waals surface area contributed by atoms with Crippen molar-refractivity contribution in [2.24, 2.45) is 0 Å². The van der Waals surface area contributed by atoms with Crippen molar-refractivity contribution in [3.8, 4) is 0 Å². The summed E-state index contributed by atoms with van der Waals surface area (Å²) >= 11 is 0. The summed E-state index contributed by atoms with van der Waals surface area (Å²) in [5.74, 6) is -0.736. The van der Waals surface area contributed by atoms with Crippen LogP contribution >= 0.6 is 0 Å². The van der Waals surface area contributed by atoms with Gasteiger partial charge in [0.05, 0.1) is 13.1 Å². The molecular weight excluding hydrogens is 231 g/mol. The van der Waals surface area contributed by atoms with Crippen LogP contribution in [0.15, 0.2) is 0 Å². The van der Waals surface area contributed by atoms with Crippen LogP contribution in [0.4, 0.5) is 9.18 Å². The largest absolute Gasteiger partial charge is 0.465 e. The Kier molecular flexibility index (Phi) is 2.99. The lowest BCUT2D eigenvalue weighted by Gasteiger charge is -2.24. The number of ketones is 1. The fourth-order valence-electron chi connectivity index (χ4n) is 2.24. The van der Waals surface area contributed by atoms with Gasteiger partial charge in [0.25, 0.3) is 0 Å². The molecule has 2 atom stereocenters. The number of alkyl halides is 1. The molecule has 0 aliphatic carbocycles. The van der Waals surface area contributed by atoms with Gasteiger partial charge in [-0.25, -0.2) is 9.18 Å². The predicted molar refractivity (Wildman–Crippen MR) is 54.2 cm³/mol. The smallest absolute Gasteiger partial charge is 0.408 e. The summed E-state index contributed by atoms with van der Waals surface area (Å²) in [7, 11) is 0. The standard InChI is InChI=1S/C10H13FN2O4/c11-6-1-2-12(4-6)9(15)8-3-7(14)5-13(8)10(16)17/h6,8H,1-5H2,(H,16,17). The number of rotatable bonds is 1. The third kappa shape index (κ3) is 2.22. The monoisotopic (exact) mass is 244 g/mol. The zero-order valence-corrected chi connectivity index (χ0v) is 9.13. The SMILES string of the molecule is O=C1CC(C(=O)N2CCC(F)C2)N(C(=O)O)C1. The van der Waals surface area contributed by atoms with E-state index >= 15 is 0 Å². The lowest BCUT2D eigenvalue weighted by molar-refractivity contribution is -0.134. The molecule has 2 aliphatic heterocycles. The van der Waals surface area contributed by atoms with Crippen LogP contribution in [-0.4, -0.2) is 64.5 Å². The molecule has 1 N–H and O–H groups in total. The maximum atomic E-state index is 13.0. The van der Waals surface area contributed by atoms with Crippen LogP contribution in [0.5, 0.6) is 0 Å². The molecule has 0 aromatic rings. The van der Waals surface area contributed by atoms with Gasteiger partial charge in [-0.2, -0.15) is 0 Å². The Bertz CT molecular complexity index is 373. The molecule has 0 aromatic heterocycles. The third-order valence-electron chi connectivity index (χ3n) is 3.12. The van der Waals surface area contributed by atoms with Gasteiger partial charge in [0.1, 0.15) is 12.2 Å². The van der Waals surface area contributed by atoms with Gasteiger partial charge in [-0.15, -0.1) is 0 Å². The summed E-state index contributed by atoms with van der Waals surface area (Å²) in [6.07, 6.45) is -2.16. The topological polar surface area (TPSA) is 77.9 Å². The molecule has 2 rings (SSSR count). The summed E-state index contributed by atoms with van der Waals surface area (Å²) < 4.78 is 13.0. The number of nitrogens with zero attached hydrogens (tertiary/aromatic N) is 2. The van der Waals surface area contributed by atoms with Crippen LogP contribution < -0.4 is 0 Å². The molecule has 94 valence electrons. The van der Waals surface area contributed by atoms with E-state index in [0.29, 0.717) is 0 Å². The fraction of sp³-hybridized carbons (Fsp3) is 0.700. The number of amides is 2. The summed E-state index contributed by atoms with van der Waals surface area (Å²) in [5.41, 5.74) is 0. The van der Waals surface area contributed by atoms with Crippen LogP contribution in [0, 0.1) is 0 Å². The van der Waals surface area contributed by atoms with Gasteiger partial charge in [-0.3, -0.25) is 14.5 Å². The first-order valence-electron chi connectivity index (χ1n) is 5.43. The summed E-state index contributed by atoms with van der Waals surface area (Å²) in [6.45, 7) is 0.0355. The van der Waals surface area contributed by atoms with Crippen LogP contribution in [0.1, 0.15) is 12.8 Å². The molecule has 2 saturated heterocycles. The highest BCUT2D eigenvalue weighted by atomic mass is 19.1. The number of hydrogen-bond donors (Lipinski definition) is 1. The first-order chi connectivity index (χ1) is 7.99. The number of halogens is 1. The Labute approximate surface area is 97.0 Å². The number of carbonyl (C=O) groups is 3. The van der Waals surface area contributed by atoms with Gasteiger partial charge < -0.3 is 10.0 Å². The van der Waals surface area contributed by atoms with E-state index < -0.39 is 24.2 Å². The Balaban J connectivity index is 2.07. The molecule has 0 spiro atoms. The van der Waals surface area contributed by atoms with E-state index in [9.17, 15) is 18.8 Å². The molecule has 0 radical (unpaired) electrons. The minimum atomic E-state index is -1.29. The van der Waals surface area contributed by atoms with E-state index in [0.717, 1.165) is 4.90 Å². The first-order valence-corrected chi connectivity index (χ1v) is 5.43. The number of hydrogen-bond acceptors (Lipinski definition) is 3. The second-order valence-electron chi connectivity index (χ2n) is 4.34. The van der Waals surface area contributed by atoms with E-state index in [1.165, 1.54) is 4.90 Å². The highest BCUT2D eigenvalue weighted by Gasteiger charge is 2.42. The van der Waals surface area contributed by atoms with Crippen molar-refractivity contribution in [2.75, 3.05) is 19.6 Å². The second-order valence-corrected chi connectivity index (χ2v) is 4.34. The molecule has 0 bridgehead atoms. The Morgan fingerprint density at radius 2 is 2.12 bits per heavy atom. The highest BCUT2D eigenvalue weighted by molar-refractivity contribution is 5.97. The van der Waals surface area contributed by atoms with Crippen molar-refractivity contribution < 1.29 is 23.9 Å². The van der Waals surface area contributed by atoms with E-state index in [2.05, 4.69) is 0 Å². The summed E-state index contributed by atoms with van der Waals surface area (Å²) in [4.78, 5) is 36.2. The normalized spacial score (nSPS) is 28.9. The molecule has 2 fully saturated rings. The Hall–Kier alpha value is -1.66. The number of likely N-dealkylation sites (tertiary alicyclic amines) is 2. The van der Waals surface area contributed by atoms with Gasteiger partial charge >= 0.3 is 6.09 Å². The van der Waals surface area contributed by atoms with Gasteiger partial charge in [0.15, 0.2) is 5.78 Å². The van der Waals surface area contributed by atoms with Gasteiger partial charge in [0.2, 0.25) is 5.91 Å². The predicted octanol–water partition coefficient (Wildman–Crippen LogP) is -0.122. The molecule has 2 aliphatic rings. The van der Waals surface area contributed by atoms with E-state index in [1.807, 2.05) is 0 Å². The van der Waals surface area contributed by atoms with Gasteiger partial charge in [-0.1, -0.05) is 0 Å². The molecule has 0 aromatic carbocycles. The zero-order valence-electron chi connectivity index (χ0n) is 9.13. The minimum Gasteiger partial charge on any atom is -0.465 e. The average molecular weight is 244 g/mol. The van der Waals surface area contributed by atoms with Crippen LogP contribution in [-0.2, 0) is 9.59 Å². The van der Waals surface area contributed by atoms with E-state index in [-0.39, 0.29) is 38.3 Å². The summed E-state index contributed by atoms with van der Waals surface area (Å²) in [5, 5.41) is 8.87. The highest BCUT2D eigenvalue weighted by Crippen LogP contribution is 2.20. The van der Waals surface area contributed by atoms with E-state index in [1.54, 1.807) is 0 Å². The number of Topliss-reactive ketones (excluding diaryl/α,β-unsaturated/α-hetero) is 1. The zero-order chi connectivity index (χ0) is 12.6. The molecule has 2 unspecified atom stereocenters. The van der Waals surface area contributed by atoms with Crippen molar-refractivity contribution in [1.29, 1.82) is 0 Å². The second kappa shape index (κ2) is 4.31. The number of carbonyl (C=O) groups excluding carboxylic acids is 2. The van der Waals surface area contributed by atoms with E-state index in [4.69, 9.17) is 5.11 Å². The fourth-order valence-corrected chi connectivity index (χ4v) is 2.24. The molecular formula is C10H13FN2O4. The quantitative estimate of drug-likeness (QED) is 0.697. The van der Waals surface area contributed by atoms with Crippen molar-refractivity contribution in [1.82, 2.24) is 9.80 Å². The van der Waals surface area contributed by atoms with Crippen LogP contribution in [0.2, 0.25) is 0 Å².